The lowest BCUT2D eigenvalue weighted by atomic mass is 10.1. The second-order valence-corrected chi connectivity index (χ2v) is 4.53. The lowest BCUT2D eigenvalue weighted by molar-refractivity contribution is -0.120. The number of hydrogen-bond donors (Lipinski definition) is 2. The summed E-state index contributed by atoms with van der Waals surface area (Å²) in [5, 5.41) is 12.2. The molecule has 1 aromatic rings. The van der Waals surface area contributed by atoms with Gasteiger partial charge in [0.25, 0.3) is 0 Å². The number of ether oxygens (including phenoxy) is 1. The molecular weight excluding hydrogens is 244 g/mol. The third-order valence-corrected chi connectivity index (χ3v) is 3.31. The van der Waals surface area contributed by atoms with Crippen molar-refractivity contribution in [2.75, 3.05) is 31.7 Å². The Labute approximate surface area is 113 Å². The van der Waals surface area contributed by atoms with Gasteiger partial charge >= 0.3 is 0 Å². The first-order valence-electron chi connectivity index (χ1n) is 6.56. The molecule has 1 heterocycles. The molecule has 1 unspecified atom stereocenters. The van der Waals surface area contributed by atoms with Gasteiger partial charge in [-0.2, -0.15) is 0 Å². The minimum Gasteiger partial charge on any atom is -0.495 e. The van der Waals surface area contributed by atoms with Crippen LogP contribution in [0.2, 0.25) is 0 Å². The molecule has 2 rings (SSSR count). The van der Waals surface area contributed by atoms with Crippen LogP contribution in [-0.2, 0) is 4.79 Å². The van der Waals surface area contributed by atoms with E-state index in [1.165, 1.54) is 0 Å². The number of rotatable bonds is 4. The topological polar surface area (TPSA) is 61.8 Å². The molecule has 5 nitrogen and oxygen atoms in total. The summed E-state index contributed by atoms with van der Waals surface area (Å²) in [6.07, 6.45) is 1.32. The summed E-state index contributed by atoms with van der Waals surface area (Å²) in [7, 11) is 1.60. The van der Waals surface area contributed by atoms with E-state index in [-0.39, 0.29) is 18.6 Å². The van der Waals surface area contributed by atoms with Gasteiger partial charge < -0.3 is 20.1 Å². The fourth-order valence-corrected chi connectivity index (χ4v) is 2.35. The van der Waals surface area contributed by atoms with Crippen molar-refractivity contribution in [3.63, 3.8) is 0 Å². The molecule has 0 saturated carbocycles. The van der Waals surface area contributed by atoms with Crippen LogP contribution in [0.15, 0.2) is 24.3 Å². The van der Waals surface area contributed by atoms with Crippen molar-refractivity contribution in [2.24, 2.45) is 0 Å². The van der Waals surface area contributed by atoms with Gasteiger partial charge in [0, 0.05) is 13.2 Å². The minimum absolute atomic E-state index is 0.00315. The Balaban J connectivity index is 2.28. The van der Waals surface area contributed by atoms with Gasteiger partial charge in [-0.25, -0.2) is 0 Å². The Bertz CT molecular complexity index is 436. The van der Waals surface area contributed by atoms with Crippen LogP contribution >= 0.6 is 0 Å². The highest BCUT2D eigenvalue weighted by Crippen LogP contribution is 2.29. The molecule has 0 bridgehead atoms. The highest BCUT2D eigenvalue weighted by atomic mass is 16.5. The van der Waals surface area contributed by atoms with Crippen molar-refractivity contribution in [2.45, 2.75) is 18.9 Å². The zero-order chi connectivity index (χ0) is 13.7. The molecular formula is C14H20N2O3. The standard InChI is InChI=1S/C14H20N2O3/c1-19-13-6-3-2-5-12(13)16-9-4-8-15-11(7-10-17)14(16)18/h2-3,5-6,11,15,17H,4,7-10H2,1H3. The van der Waals surface area contributed by atoms with Crippen LogP contribution in [0.25, 0.3) is 0 Å². The summed E-state index contributed by atoms with van der Waals surface area (Å²) < 4.78 is 5.32. The van der Waals surface area contributed by atoms with Crippen molar-refractivity contribution in [3.05, 3.63) is 24.3 Å². The van der Waals surface area contributed by atoms with Gasteiger partial charge in [-0.1, -0.05) is 12.1 Å². The van der Waals surface area contributed by atoms with Crippen LogP contribution in [-0.4, -0.2) is 43.9 Å². The largest absolute Gasteiger partial charge is 0.495 e. The zero-order valence-electron chi connectivity index (χ0n) is 11.1. The van der Waals surface area contributed by atoms with Gasteiger partial charge in [0.2, 0.25) is 5.91 Å². The van der Waals surface area contributed by atoms with Crippen molar-refractivity contribution < 1.29 is 14.6 Å². The predicted molar refractivity (Wildman–Crippen MR) is 73.5 cm³/mol. The Morgan fingerprint density at radius 3 is 3.00 bits per heavy atom. The van der Waals surface area contributed by atoms with Gasteiger partial charge in [0.05, 0.1) is 18.8 Å². The van der Waals surface area contributed by atoms with Crippen LogP contribution in [0, 0.1) is 0 Å². The monoisotopic (exact) mass is 264 g/mol. The molecule has 104 valence electrons. The molecule has 1 saturated heterocycles. The Morgan fingerprint density at radius 2 is 2.26 bits per heavy atom. The van der Waals surface area contributed by atoms with Gasteiger partial charge in [0.15, 0.2) is 0 Å². The number of benzene rings is 1. The van der Waals surface area contributed by atoms with Crippen molar-refractivity contribution in [1.29, 1.82) is 0 Å². The highest BCUT2D eigenvalue weighted by molar-refractivity contribution is 5.98. The first kappa shape index (κ1) is 13.8. The molecule has 1 atom stereocenters. The second kappa shape index (κ2) is 6.54. The fourth-order valence-electron chi connectivity index (χ4n) is 2.35. The maximum atomic E-state index is 12.5. The van der Waals surface area contributed by atoms with E-state index in [1.54, 1.807) is 12.0 Å². The molecule has 1 aromatic carbocycles. The summed E-state index contributed by atoms with van der Waals surface area (Å²) in [5.74, 6) is 0.691. The van der Waals surface area contributed by atoms with Crippen molar-refractivity contribution >= 4 is 11.6 Å². The van der Waals surface area contributed by atoms with Crippen LogP contribution in [0.4, 0.5) is 5.69 Å². The number of amides is 1. The fraction of sp³-hybridized carbons (Fsp3) is 0.500. The SMILES string of the molecule is COc1ccccc1N1CCCNC(CCO)C1=O. The normalized spacial score (nSPS) is 20.2. The number of methoxy groups -OCH3 is 1. The molecule has 5 heteroatoms. The lowest BCUT2D eigenvalue weighted by Crippen LogP contribution is -2.44. The second-order valence-electron chi connectivity index (χ2n) is 4.53. The van der Waals surface area contributed by atoms with E-state index in [2.05, 4.69) is 5.32 Å². The summed E-state index contributed by atoms with van der Waals surface area (Å²) in [6, 6.07) is 7.19. The summed E-state index contributed by atoms with van der Waals surface area (Å²) >= 11 is 0. The van der Waals surface area contributed by atoms with E-state index >= 15 is 0 Å². The maximum absolute atomic E-state index is 12.5. The number of para-hydroxylation sites is 2. The average molecular weight is 264 g/mol. The molecule has 0 radical (unpaired) electrons. The third-order valence-electron chi connectivity index (χ3n) is 3.31. The summed E-state index contributed by atoms with van der Waals surface area (Å²) in [5.41, 5.74) is 0.793. The quantitative estimate of drug-likeness (QED) is 0.843. The molecule has 2 N–H and O–H groups in total. The first-order chi connectivity index (χ1) is 9.27. The van der Waals surface area contributed by atoms with Crippen LogP contribution in [0.3, 0.4) is 0 Å². The molecule has 0 aromatic heterocycles. The van der Waals surface area contributed by atoms with Gasteiger partial charge in [-0.15, -0.1) is 0 Å². The molecule has 1 amide bonds. The Hall–Kier alpha value is -1.59. The third kappa shape index (κ3) is 3.05. The summed E-state index contributed by atoms with van der Waals surface area (Å²) in [4.78, 5) is 14.2. The van der Waals surface area contributed by atoms with E-state index in [0.717, 1.165) is 18.7 Å². The number of anilines is 1. The minimum atomic E-state index is -0.322. The van der Waals surface area contributed by atoms with Gasteiger partial charge in [-0.3, -0.25) is 4.79 Å². The molecule has 0 aliphatic carbocycles. The number of aliphatic hydroxyl groups is 1. The van der Waals surface area contributed by atoms with Gasteiger partial charge in [0.1, 0.15) is 5.75 Å². The Kier molecular flexibility index (Phi) is 4.76. The molecule has 1 fully saturated rings. The number of carbonyl (C=O) groups excluding carboxylic acids is 1. The van der Waals surface area contributed by atoms with E-state index in [0.29, 0.717) is 18.7 Å². The van der Waals surface area contributed by atoms with E-state index in [4.69, 9.17) is 9.84 Å². The zero-order valence-corrected chi connectivity index (χ0v) is 11.1. The van der Waals surface area contributed by atoms with Crippen molar-refractivity contribution in [3.8, 4) is 5.75 Å². The van der Waals surface area contributed by atoms with Crippen LogP contribution in [0.1, 0.15) is 12.8 Å². The molecule has 0 spiro atoms. The van der Waals surface area contributed by atoms with Crippen molar-refractivity contribution in [1.82, 2.24) is 5.32 Å². The number of nitrogens with one attached hydrogen (secondary N) is 1. The molecule has 1 aliphatic heterocycles. The number of carbonyl (C=O) groups is 1. The Morgan fingerprint density at radius 1 is 1.47 bits per heavy atom. The van der Waals surface area contributed by atoms with E-state index < -0.39 is 0 Å². The molecule has 19 heavy (non-hydrogen) atoms. The van der Waals surface area contributed by atoms with Crippen LogP contribution in [0.5, 0.6) is 5.75 Å². The van der Waals surface area contributed by atoms with E-state index in [9.17, 15) is 4.79 Å². The highest BCUT2D eigenvalue weighted by Gasteiger charge is 2.28. The predicted octanol–water partition coefficient (Wildman–Crippen LogP) is 0.772. The smallest absolute Gasteiger partial charge is 0.244 e. The lowest BCUT2D eigenvalue weighted by Gasteiger charge is -2.25. The summed E-state index contributed by atoms with van der Waals surface area (Å²) in [6.45, 7) is 1.44. The number of aliphatic hydroxyl groups excluding tert-OH is 1. The number of hydrogen-bond acceptors (Lipinski definition) is 4. The van der Waals surface area contributed by atoms with Gasteiger partial charge in [-0.05, 0) is 31.5 Å². The maximum Gasteiger partial charge on any atom is 0.244 e. The average Bonchev–Trinajstić information content (AvgIpc) is 2.62. The molecule has 1 aliphatic rings. The number of nitrogens with zero attached hydrogens (tertiary/aromatic N) is 1. The van der Waals surface area contributed by atoms with Crippen LogP contribution < -0.4 is 15.0 Å². The first-order valence-corrected chi connectivity index (χ1v) is 6.56. The van der Waals surface area contributed by atoms with E-state index in [1.807, 2.05) is 24.3 Å².